The molecule has 0 saturated carbocycles. The Bertz CT molecular complexity index is 1040. The molecule has 1 atom stereocenters. The number of methoxy groups -OCH3 is 1. The van der Waals surface area contributed by atoms with Gasteiger partial charge in [-0.25, -0.2) is 0 Å². The molecule has 7 nitrogen and oxygen atoms in total. The van der Waals surface area contributed by atoms with Crippen LogP contribution >= 0.6 is 0 Å². The number of benzene rings is 2. The van der Waals surface area contributed by atoms with Crippen LogP contribution in [0.2, 0.25) is 0 Å². The third-order valence-corrected chi connectivity index (χ3v) is 4.36. The Morgan fingerprint density at radius 1 is 1.26 bits per heavy atom. The second-order valence-electron chi connectivity index (χ2n) is 6.25. The summed E-state index contributed by atoms with van der Waals surface area (Å²) in [6.07, 6.45) is -0.551. The highest BCUT2D eigenvalue weighted by molar-refractivity contribution is 6.07. The number of rotatable bonds is 4. The van der Waals surface area contributed by atoms with Crippen LogP contribution < -0.4 is 15.4 Å². The molecule has 4 rings (SSSR count). The number of hydrogen-bond acceptors (Lipinski definition) is 5. The number of nitrogens with one attached hydrogen (secondary N) is 2. The molecule has 0 unspecified atom stereocenters. The Balaban J connectivity index is 1.63. The molecule has 2 N–H and O–H groups in total. The maximum Gasteiger partial charge on any atom is 0.291 e. The van der Waals surface area contributed by atoms with Gasteiger partial charge in [0.2, 0.25) is 0 Å². The van der Waals surface area contributed by atoms with E-state index in [4.69, 9.17) is 13.9 Å². The zero-order chi connectivity index (χ0) is 19.0. The lowest BCUT2D eigenvalue weighted by atomic mass is 10.1. The van der Waals surface area contributed by atoms with E-state index in [1.54, 1.807) is 38.3 Å². The van der Waals surface area contributed by atoms with Gasteiger partial charge in [0.1, 0.15) is 11.3 Å². The smallest absolute Gasteiger partial charge is 0.291 e. The topological polar surface area (TPSA) is 89.8 Å². The van der Waals surface area contributed by atoms with E-state index in [1.165, 1.54) is 0 Å². The van der Waals surface area contributed by atoms with Crippen LogP contribution in [0.4, 0.5) is 11.4 Å². The van der Waals surface area contributed by atoms with E-state index in [1.807, 2.05) is 18.2 Å². The Morgan fingerprint density at radius 2 is 2.07 bits per heavy atom. The molecule has 3 aromatic rings. The van der Waals surface area contributed by atoms with Crippen molar-refractivity contribution in [1.29, 1.82) is 0 Å². The fourth-order valence-electron chi connectivity index (χ4n) is 3.04. The van der Waals surface area contributed by atoms with Crippen molar-refractivity contribution in [3.8, 4) is 5.75 Å². The van der Waals surface area contributed by atoms with Crippen LogP contribution in [0.25, 0.3) is 11.0 Å². The minimum atomic E-state index is -0.551. The molecule has 0 saturated heterocycles. The summed E-state index contributed by atoms with van der Waals surface area (Å²) in [4.78, 5) is 24.6. The van der Waals surface area contributed by atoms with Crippen molar-refractivity contribution >= 4 is 34.2 Å². The normalized spacial score (nSPS) is 15.8. The molecule has 0 fully saturated rings. The third-order valence-electron chi connectivity index (χ3n) is 4.36. The molecule has 27 heavy (non-hydrogen) atoms. The highest BCUT2D eigenvalue weighted by Crippen LogP contribution is 2.33. The van der Waals surface area contributed by atoms with Gasteiger partial charge in [-0.2, -0.15) is 0 Å². The first-order valence-electron chi connectivity index (χ1n) is 8.49. The van der Waals surface area contributed by atoms with Crippen molar-refractivity contribution in [2.75, 3.05) is 17.7 Å². The second-order valence-corrected chi connectivity index (χ2v) is 6.25. The van der Waals surface area contributed by atoms with E-state index in [0.717, 1.165) is 5.39 Å². The first kappa shape index (κ1) is 17.1. The maximum absolute atomic E-state index is 12.8. The van der Waals surface area contributed by atoms with Crippen molar-refractivity contribution in [3.63, 3.8) is 0 Å². The van der Waals surface area contributed by atoms with Gasteiger partial charge >= 0.3 is 0 Å². The van der Waals surface area contributed by atoms with Gasteiger partial charge in [0.15, 0.2) is 11.9 Å². The average Bonchev–Trinajstić information content (AvgIpc) is 3.02. The van der Waals surface area contributed by atoms with Gasteiger partial charge in [-0.3, -0.25) is 9.59 Å². The van der Waals surface area contributed by atoms with Crippen molar-refractivity contribution in [1.82, 2.24) is 0 Å². The number of anilines is 2. The van der Waals surface area contributed by atoms with Crippen molar-refractivity contribution in [2.45, 2.75) is 19.6 Å². The number of hydrogen-bond donors (Lipinski definition) is 2. The predicted molar refractivity (Wildman–Crippen MR) is 100 cm³/mol. The van der Waals surface area contributed by atoms with Gasteiger partial charge in [-0.15, -0.1) is 0 Å². The quantitative estimate of drug-likeness (QED) is 0.737. The lowest BCUT2D eigenvalue weighted by Crippen LogP contribution is -2.34. The summed E-state index contributed by atoms with van der Waals surface area (Å²) in [5.74, 6) is 0.133. The largest absolute Gasteiger partial charge is 0.479 e. The summed E-state index contributed by atoms with van der Waals surface area (Å²) in [7, 11) is 1.57. The van der Waals surface area contributed by atoms with E-state index < -0.39 is 12.0 Å². The third kappa shape index (κ3) is 3.13. The van der Waals surface area contributed by atoms with Gasteiger partial charge < -0.3 is 24.5 Å². The highest BCUT2D eigenvalue weighted by atomic mass is 16.5. The van der Waals surface area contributed by atoms with Crippen LogP contribution in [0.3, 0.4) is 0 Å². The first-order valence-corrected chi connectivity index (χ1v) is 8.49. The van der Waals surface area contributed by atoms with Crippen LogP contribution in [-0.2, 0) is 16.1 Å². The first-order chi connectivity index (χ1) is 13.1. The van der Waals surface area contributed by atoms with Crippen LogP contribution in [0.5, 0.6) is 5.75 Å². The monoisotopic (exact) mass is 366 g/mol. The standard InChI is InChI=1S/C20H18N2O5/c1-11-19(23)22-15-9-12(7-8-17(15)26-11)21-20(24)18-14(10-25-2)13-5-3-4-6-16(13)27-18/h3-9,11H,10H2,1-2H3,(H,21,24)(H,22,23)/t11-/m0/s1. The lowest BCUT2D eigenvalue weighted by molar-refractivity contribution is -0.122. The van der Waals surface area contributed by atoms with E-state index >= 15 is 0 Å². The van der Waals surface area contributed by atoms with E-state index in [2.05, 4.69) is 10.6 Å². The predicted octanol–water partition coefficient (Wildman–Crippen LogP) is 3.55. The molecule has 2 aromatic carbocycles. The molecule has 0 bridgehead atoms. The molecule has 0 aliphatic carbocycles. The molecule has 0 spiro atoms. The Kier molecular flexibility index (Phi) is 4.29. The molecule has 7 heteroatoms. The van der Waals surface area contributed by atoms with E-state index in [9.17, 15) is 9.59 Å². The summed E-state index contributed by atoms with van der Waals surface area (Å²) in [5.41, 5.74) is 2.34. The summed E-state index contributed by atoms with van der Waals surface area (Å²) in [6.45, 7) is 1.93. The molecule has 1 aliphatic heterocycles. The lowest BCUT2D eigenvalue weighted by Gasteiger charge is -2.23. The molecular formula is C20H18N2O5. The summed E-state index contributed by atoms with van der Waals surface area (Å²) >= 11 is 0. The highest BCUT2D eigenvalue weighted by Gasteiger charge is 2.25. The number of para-hydroxylation sites is 1. The van der Waals surface area contributed by atoms with Gasteiger partial charge in [-0.1, -0.05) is 18.2 Å². The van der Waals surface area contributed by atoms with Crippen molar-refractivity contribution < 1.29 is 23.5 Å². The number of carbonyl (C=O) groups excluding carboxylic acids is 2. The number of furan rings is 1. The summed E-state index contributed by atoms with van der Waals surface area (Å²) in [5, 5.41) is 6.39. The van der Waals surface area contributed by atoms with Crippen LogP contribution in [0, 0.1) is 0 Å². The number of amides is 2. The Morgan fingerprint density at radius 3 is 2.89 bits per heavy atom. The molecule has 138 valence electrons. The Labute approximate surface area is 155 Å². The molecule has 2 heterocycles. The van der Waals surface area contributed by atoms with Gasteiger partial charge in [0.05, 0.1) is 12.3 Å². The number of carbonyl (C=O) groups is 2. The zero-order valence-corrected chi connectivity index (χ0v) is 14.9. The minimum Gasteiger partial charge on any atom is -0.479 e. The minimum absolute atomic E-state index is 0.199. The maximum atomic E-state index is 12.8. The SMILES string of the molecule is COCc1c(C(=O)Nc2ccc3c(c2)NC(=O)[C@H](C)O3)oc2ccccc12. The molecule has 1 aromatic heterocycles. The average molecular weight is 366 g/mol. The van der Waals surface area contributed by atoms with Gasteiger partial charge in [0, 0.05) is 23.7 Å². The summed E-state index contributed by atoms with van der Waals surface area (Å²) < 4.78 is 16.5. The molecule has 1 aliphatic rings. The van der Waals surface area contributed by atoms with Crippen LogP contribution in [0.15, 0.2) is 46.9 Å². The van der Waals surface area contributed by atoms with Crippen molar-refractivity contribution in [2.24, 2.45) is 0 Å². The van der Waals surface area contributed by atoms with Gasteiger partial charge in [-0.05, 0) is 31.2 Å². The van der Waals surface area contributed by atoms with Crippen molar-refractivity contribution in [3.05, 3.63) is 53.8 Å². The molecule has 2 amide bonds. The van der Waals surface area contributed by atoms with E-state index in [0.29, 0.717) is 28.3 Å². The number of ether oxygens (including phenoxy) is 2. The fraction of sp³-hybridized carbons (Fsp3) is 0.200. The zero-order valence-electron chi connectivity index (χ0n) is 14.9. The summed E-state index contributed by atoms with van der Waals surface area (Å²) in [6, 6.07) is 12.5. The molecule has 0 radical (unpaired) electrons. The molecular weight excluding hydrogens is 348 g/mol. The van der Waals surface area contributed by atoms with Crippen LogP contribution in [-0.4, -0.2) is 25.0 Å². The van der Waals surface area contributed by atoms with Crippen LogP contribution in [0.1, 0.15) is 23.0 Å². The second kappa shape index (κ2) is 6.77. The van der Waals surface area contributed by atoms with Gasteiger partial charge in [0.25, 0.3) is 11.8 Å². The number of fused-ring (bicyclic) bond motifs is 2. The fourth-order valence-corrected chi connectivity index (χ4v) is 3.04. The Hall–Kier alpha value is -3.32. The van der Waals surface area contributed by atoms with E-state index in [-0.39, 0.29) is 18.3 Å².